The highest BCUT2D eigenvalue weighted by Crippen LogP contribution is 2.36. The van der Waals surface area contributed by atoms with Crippen molar-refractivity contribution in [2.24, 2.45) is 0 Å². The maximum absolute atomic E-state index is 5.41. The number of benzene rings is 1. The van der Waals surface area contributed by atoms with Gasteiger partial charge in [0.2, 0.25) is 0 Å². The first-order valence-electron chi connectivity index (χ1n) is 6.87. The van der Waals surface area contributed by atoms with Crippen molar-refractivity contribution in [3.63, 3.8) is 0 Å². The van der Waals surface area contributed by atoms with Crippen molar-refractivity contribution in [2.45, 2.75) is 52.2 Å². The minimum atomic E-state index is 0.185. The lowest BCUT2D eigenvalue weighted by atomic mass is 9.90. The molecule has 1 aromatic rings. The van der Waals surface area contributed by atoms with Gasteiger partial charge in [-0.2, -0.15) is 0 Å². The van der Waals surface area contributed by atoms with E-state index in [-0.39, 0.29) is 5.54 Å². The van der Waals surface area contributed by atoms with Crippen molar-refractivity contribution in [1.29, 1.82) is 0 Å². The lowest BCUT2D eigenvalue weighted by Gasteiger charge is -2.44. The van der Waals surface area contributed by atoms with Crippen LogP contribution >= 0.6 is 0 Å². The minimum absolute atomic E-state index is 0.185. The predicted molar refractivity (Wildman–Crippen MR) is 78.0 cm³/mol. The molecule has 0 spiro atoms. The van der Waals surface area contributed by atoms with Gasteiger partial charge < -0.3 is 9.47 Å². The van der Waals surface area contributed by atoms with Gasteiger partial charge in [-0.25, -0.2) is 0 Å². The molecular formula is C16H25NO2. The van der Waals surface area contributed by atoms with Gasteiger partial charge in [0.05, 0.1) is 14.2 Å². The lowest BCUT2D eigenvalue weighted by Crippen LogP contribution is -2.49. The van der Waals surface area contributed by atoms with Crippen LogP contribution in [-0.4, -0.2) is 30.7 Å². The molecule has 0 fully saturated rings. The molecule has 1 aromatic carbocycles. The number of methoxy groups -OCH3 is 2. The van der Waals surface area contributed by atoms with E-state index in [1.807, 2.05) is 0 Å². The molecule has 2 rings (SSSR count). The predicted octanol–water partition coefficient (Wildman–Crippen LogP) is 3.25. The van der Waals surface area contributed by atoms with E-state index in [1.54, 1.807) is 14.2 Å². The highest BCUT2D eigenvalue weighted by atomic mass is 16.5. The van der Waals surface area contributed by atoms with E-state index in [1.165, 1.54) is 11.1 Å². The molecule has 1 heterocycles. The lowest BCUT2D eigenvalue weighted by molar-refractivity contribution is 0.0717. The Labute approximate surface area is 116 Å². The second-order valence-corrected chi connectivity index (χ2v) is 6.33. The third-order valence-electron chi connectivity index (χ3n) is 3.96. The Morgan fingerprint density at radius 1 is 1.05 bits per heavy atom. The van der Waals surface area contributed by atoms with Crippen molar-refractivity contribution in [3.05, 3.63) is 23.3 Å². The van der Waals surface area contributed by atoms with E-state index in [0.29, 0.717) is 6.04 Å². The van der Waals surface area contributed by atoms with Gasteiger partial charge in [0, 0.05) is 18.1 Å². The summed E-state index contributed by atoms with van der Waals surface area (Å²) in [6, 6.07) is 4.80. The molecule has 0 aromatic heterocycles. The van der Waals surface area contributed by atoms with E-state index in [9.17, 15) is 0 Å². The monoisotopic (exact) mass is 263 g/mol. The van der Waals surface area contributed by atoms with Crippen LogP contribution in [0.1, 0.15) is 38.8 Å². The molecule has 0 radical (unpaired) electrons. The first-order valence-corrected chi connectivity index (χ1v) is 6.87. The first kappa shape index (κ1) is 14.2. The van der Waals surface area contributed by atoms with Gasteiger partial charge in [0.15, 0.2) is 11.5 Å². The molecule has 0 saturated heterocycles. The normalized spacial score (nSPS) is 20.0. The van der Waals surface area contributed by atoms with Crippen LogP contribution in [-0.2, 0) is 13.0 Å². The Hall–Kier alpha value is -1.22. The van der Waals surface area contributed by atoms with Crippen LogP contribution < -0.4 is 9.47 Å². The third-order valence-corrected chi connectivity index (χ3v) is 3.96. The van der Waals surface area contributed by atoms with E-state index >= 15 is 0 Å². The second kappa shape index (κ2) is 5.04. The fourth-order valence-corrected chi connectivity index (χ4v) is 2.97. The molecule has 0 amide bonds. The fourth-order valence-electron chi connectivity index (χ4n) is 2.97. The Bertz CT molecular complexity index is 463. The van der Waals surface area contributed by atoms with E-state index < -0.39 is 0 Å². The van der Waals surface area contributed by atoms with Crippen LogP contribution in [0.5, 0.6) is 11.5 Å². The Morgan fingerprint density at radius 2 is 1.58 bits per heavy atom. The summed E-state index contributed by atoms with van der Waals surface area (Å²) in [5.41, 5.74) is 2.92. The molecule has 0 aliphatic carbocycles. The van der Waals surface area contributed by atoms with Gasteiger partial charge in [0.1, 0.15) is 0 Å². The van der Waals surface area contributed by atoms with Gasteiger partial charge in [-0.15, -0.1) is 0 Å². The zero-order chi connectivity index (χ0) is 14.2. The van der Waals surface area contributed by atoms with Crippen molar-refractivity contribution < 1.29 is 9.47 Å². The Kier molecular flexibility index (Phi) is 3.77. The highest BCUT2D eigenvalue weighted by molar-refractivity contribution is 5.48. The number of fused-ring (bicyclic) bond motifs is 1. The summed E-state index contributed by atoms with van der Waals surface area (Å²) < 4.78 is 10.8. The molecule has 1 atom stereocenters. The quantitative estimate of drug-likeness (QED) is 0.817. The fraction of sp³-hybridized carbons (Fsp3) is 0.625. The molecule has 0 N–H and O–H groups in total. The maximum atomic E-state index is 5.41. The van der Waals surface area contributed by atoms with Gasteiger partial charge >= 0.3 is 0 Å². The van der Waals surface area contributed by atoms with Gasteiger partial charge in [-0.1, -0.05) is 0 Å². The van der Waals surface area contributed by atoms with Gasteiger partial charge in [0.25, 0.3) is 0 Å². The number of rotatable bonds is 2. The molecule has 1 aliphatic heterocycles. The molecular weight excluding hydrogens is 238 g/mol. The molecule has 1 unspecified atom stereocenters. The van der Waals surface area contributed by atoms with E-state index in [2.05, 4.69) is 44.7 Å². The zero-order valence-corrected chi connectivity index (χ0v) is 12.9. The van der Waals surface area contributed by atoms with E-state index in [4.69, 9.17) is 9.47 Å². The van der Waals surface area contributed by atoms with Crippen LogP contribution in [0.15, 0.2) is 12.1 Å². The van der Waals surface area contributed by atoms with Crippen LogP contribution in [0.25, 0.3) is 0 Å². The standard InChI is InChI=1S/C16H25NO2/c1-11-7-12-8-14(18-5)15(19-6)9-13(12)10-17(11)16(2,3)4/h8-9,11H,7,10H2,1-6H3. The van der Waals surface area contributed by atoms with Crippen LogP contribution in [0.4, 0.5) is 0 Å². The highest BCUT2D eigenvalue weighted by Gasteiger charge is 2.31. The molecule has 106 valence electrons. The molecule has 3 nitrogen and oxygen atoms in total. The summed E-state index contributed by atoms with van der Waals surface area (Å²) in [5.74, 6) is 1.65. The summed E-state index contributed by atoms with van der Waals surface area (Å²) >= 11 is 0. The number of nitrogens with zero attached hydrogens (tertiary/aromatic N) is 1. The van der Waals surface area contributed by atoms with Crippen molar-refractivity contribution in [1.82, 2.24) is 4.90 Å². The summed E-state index contributed by atoms with van der Waals surface area (Å²) in [6.45, 7) is 10.1. The number of hydrogen-bond donors (Lipinski definition) is 0. The van der Waals surface area contributed by atoms with Crippen LogP contribution in [0, 0.1) is 0 Å². The van der Waals surface area contributed by atoms with Crippen LogP contribution in [0.3, 0.4) is 0 Å². The van der Waals surface area contributed by atoms with Crippen LogP contribution in [0.2, 0.25) is 0 Å². The maximum Gasteiger partial charge on any atom is 0.161 e. The summed E-state index contributed by atoms with van der Waals surface area (Å²) in [5, 5.41) is 0. The molecule has 1 aliphatic rings. The largest absolute Gasteiger partial charge is 0.493 e. The van der Waals surface area contributed by atoms with E-state index in [0.717, 1.165) is 24.5 Å². The Balaban J connectivity index is 2.39. The molecule has 0 bridgehead atoms. The van der Waals surface area contributed by atoms with Gasteiger partial charge in [-0.3, -0.25) is 4.90 Å². The second-order valence-electron chi connectivity index (χ2n) is 6.33. The number of hydrogen-bond acceptors (Lipinski definition) is 3. The summed E-state index contributed by atoms with van der Waals surface area (Å²) in [4.78, 5) is 2.54. The zero-order valence-electron chi connectivity index (χ0n) is 12.9. The first-order chi connectivity index (χ1) is 8.86. The smallest absolute Gasteiger partial charge is 0.161 e. The summed E-state index contributed by atoms with van der Waals surface area (Å²) in [7, 11) is 3.38. The Morgan fingerprint density at radius 3 is 2.05 bits per heavy atom. The minimum Gasteiger partial charge on any atom is -0.493 e. The topological polar surface area (TPSA) is 21.7 Å². The molecule has 3 heteroatoms. The average molecular weight is 263 g/mol. The molecule has 19 heavy (non-hydrogen) atoms. The van der Waals surface area contributed by atoms with Crippen molar-refractivity contribution in [3.8, 4) is 11.5 Å². The third kappa shape index (κ3) is 2.71. The van der Waals surface area contributed by atoms with Gasteiger partial charge in [-0.05, 0) is 57.4 Å². The average Bonchev–Trinajstić information content (AvgIpc) is 2.35. The number of ether oxygens (including phenoxy) is 2. The van der Waals surface area contributed by atoms with Crippen molar-refractivity contribution in [2.75, 3.05) is 14.2 Å². The molecule has 0 saturated carbocycles. The van der Waals surface area contributed by atoms with Crippen molar-refractivity contribution >= 4 is 0 Å². The summed E-state index contributed by atoms with van der Waals surface area (Å²) in [6.07, 6.45) is 1.06. The SMILES string of the molecule is COc1cc2c(cc1OC)CN(C(C)(C)C)C(C)C2.